The summed E-state index contributed by atoms with van der Waals surface area (Å²) in [6, 6.07) is 3.70. The zero-order valence-electron chi connectivity index (χ0n) is 31.0. The number of carbonyl (C=O) groups is 5. The Kier molecular flexibility index (Phi) is 11.2. The zero-order valence-corrected chi connectivity index (χ0v) is 31.8. The molecule has 1 aromatic heterocycles. The normalized spacial score (nSPS) is 24.6. The molecule has 2 saturated carbocycles. The first kappa shape index (κ1) is 39.3. The molecule has 54 heavy (non-hydrogen) atoms. The molecule has 2 aliphatic heterocycles. The number of primary amides is 1. The fourth-order valence-electron chi connectivity index (χ4n) is 7.90. The van der Waals surface area contributed by atoms with E-state index in [0.717, 1.165) is 32.1 Å². The van der Waals surface area contributed by atoms with Gasteiger partial charge in [-0.25, -0.2) is 18.1 Å². The fraction of sp³-hybridized carbons (Fsp3) is 0.622. The van der Waals surface area contributed by atoms with E-state index < -0.39 is 67.7 Å². The second-order valence-corrected chi connectivity index (χ2v) is 17.9. The van der Waals surface area contributed by atoms with Crippen LogP contribution in [-0.2, 0) is 39.4 Å². The summed E-state index contributed by atoms with van der Waals surface area (Å²) in [5.74, 6) is -4.10. The number of Topliss-reactive ketones (excluding diaryl/α,β-unsaturated/α-hetero) is 1. The molecule has 2 aromatic rings. The lowest BCUT2D eigenvalue weighted by Crippen LogP contribution is -2.62. The van der Waals surface area contributed by atoms with E-state index in [1.54, 1.807) is 13.8 Å². The average molecular weight is 768 g/mol. The minimum Gasteiger partial charge on any atom is -0.384 e. The van der Waals surface area contributed by atoms with E-state index >= 15 is 0 Å². The van der Waals surface area contributed by atoms with Gasteiger partial charge in [0, 0.05) is 38.1 Å². The van der Waals surface area contributed by atoms with Crippen LogP contribution in [0.5, 0.6) is 0 Å². The summed E-state index contributed by atoms with van der Waals surface area (Å²) >= 11 is 0. The molecule has 17 heteroatoms. The number of aliphatic imine (C=N–C) groups is 1. The highest BCUT2D eigenvalue weighted by molar-refractivity contribution is 7.92. The summed E-state index contributed by atoms with van der Waals surface area (Å²) in [5.41, 5.74) is 2.85. The van der Waals surface area contributed by atoms with E-state index in [-0.39, 0.29) is 67.7 Å². The van der Waals surface area contributed by atoms with Crippen LogP contribution in [0.15, 0.2) is 40.4 Å². The lowest BCUT2D eigenvalue weighted by atomic mass is 9.85. The Morgan fingerprint density at radius 1 is 1.04 bits per heavy atom. The predicted molar refractivity (Wildman–Crippen MR) is 194 cm³/mol. The van der Waals surface area contributed by atoms with Gasteiger partial charge < -0.3 is 25.4 Å². The molecular formula is C37H49N7O9S. The van der Waals surface area contributed by atoms with E-state index in [9.17, 15) is 37.5 Å². The summed E-state index contributed by atoms with van der Waals surface area (Å²) < 4.78 is 32.6. The molecule has 2 aliphatic carbocycles. The lowest BCUT2D eigenvalue weighted by Gasteiger charge is -2.40. The summed E-state index contributed by atoms with van der Waals surface area (Å²) in [6.45, 7) is 4.64. The van der Waals surface area contributed by atoms with E-state index in [0.29, 0.717) is 18.5 Å². The van der Waals surface area contributed by atoms with Gasteiger partial charge in [-0.05, 0) is 70.2 Å². The van der Waals surface area contributed by atoms with E-state index in [2.05, 4.69) is 15.3 Å². The van der Waals surface area contributed by atoms with Crippen LogP contribution in [0.4, 0.5) is 0 Å². The second kappa shape index (κ2) is 15.4. The third kappa shape index (κ3) is 8.03. The van der Waals surface area contributed by atoms with E-state index in [1.165, 1.54) is 51.9 Å². The largest absolute Gasteiger partial charge is 0.384 e. The number of ketones is 1. The van der Waals surface area contributed by atoms with Gasteiger partial charge in [-0.1, -0.05) is 37.3 Å². The number of ether oxygens (including phenoxy) is 1. The van der Waals surface area contributed by atoms with Crippen molar-refractivity contribution in [1.29, 1.82) is 0 Å². The Bertz CT molecular complexity index is 1930. The van der Waals surface area contributed by atoms with Gasteiger partial charge in [-0.2, -0.15) is 0 Å². The number of aliphatic hydroxyl groups is 1. The molecule has 3 atom stereocenters. The highest BCUT2D eigenvalue weighted by atomic mass is 32.2. The predicted octanol–water partition coefficient (Wildman–Crippen LogP) is 1.90. The van der Waals surface area contributed by atoms with Crippen LogP contribution >= 0.6 is 0 Å². The quantitative estimate of drug-likeness (QED) is 0.248. The van der Waals surface area contributed by atoms with Crippen molar-refractivity contribution in [3.63, 3.8) is 0 Å². The smallest absolute Gasteiger partial charge is 0.287 e. The minimum absolute atomic E-state index is 0.000170. The van der Waals surface area contributed by atoms with Crippen LogP contribution in [0.25, 0.3) is 0 Å². The number of aromatic nitrogens is 3. The molecule has 292 valence electrons. The monoisotopic (exact) mass is 767 g/mol. The van der Waals surface area contributed by atoms with E-state index in [4.69, 9.17) is 10.5 Å². The maximum atomic E-state index is 14.9. The number of hydrogen-bond acceptors (Lipinski definition) is 11. The Balaban J connectivity index is 1.38. The van der Waals surface area contributed by atoms with Crippen LogP contribution in [0.2, 0.25) is 0 Å². The van der Waals surface area contributed by atoms with Crippen LogP contribution in [0.1, 0.15) is 107 Å². The summed E-state index contributed by atoms with van der Waals surface area (Å²) in [7, 11) is -3.48. The number of sulfone groups is 1. The first-order chi connectivity index (χ1) is 25.5. The fourth-order valence-corrected chi connectivity index (χ4v) is 9.56. The number of amides is 4. The number of nitrogens with zero attached hydrogens (tertiary/aromatic N) is 6. The van der Waals surface area contributed by atoms with Crippen molar-refractivity contribution >= 4 is 45.0 Å². The van der Waals surface area contributed by atoms with Crippen LogP contribution in [0, 0.1) is 5.92 Å². The molecule has 4 amide bonds. The van der Waals surface area contributed by atoms with Gasteiger partial charge in [-0.15, -0.1) is 5.10 Å². The maximum Gasteiger partial charge on any atom is 0.287 e. The van der Waals surface area contributed by atoms with Gasteiger partial charge in [0.25, 0.3) is 17.7 Å². The van der Waals surface area contributed by atoms with Crippen molar-refractivity contribution in [3.05, 3.63) is 41.7 Å². The number of rotatable bonds is 11. The molecule has 4 fully saturated rings. The molecule has 1 aromatic carbocycles. The second-order valence-electron chi connectivity index (χ2n) is 15.6. The van der Waals surface area contributed by atoms with Gasteiger partial charge in [0.1, 0.15) is 22.9 Å². The molecule has 0 bridgehead atoms. The Morgan fingerprint density at radius 2 is 1.72 bits per heavy atom. The first-order valence-corrected chi connectivity index (χ1v) is 20.2. The number of likely N-dealkylation sites (tertiary alicyclic amines) is 1. The van der Waals surface area contributed by atoms with Crippen molar-refractivity contribution in [2.45, 2.75) is 118 Å². The van der Waals surface area contributed by atoms with E-state index in [1.807, 2.05) is 0 Å². The summed E-state index contributed by atoms with van der Waals surface area (Å²) in [5, 5.41) is 18.7. The average Bonchev–Trinajstić information content (AvgIpc) is 3.78. The molecule has 2 saturated heterocycles. The molecule has 3 heterocycles. The molecule has 3 N–H and O–H groups in total. The molecule has 6 rings (SSSR count). The third-order valence-corrected chi connectivity index (χ3v) is 13.5. The molecule has 16 nitrogen and oxygen atoms in total. The van der Waals surface area contributed by atoms with Gasteiger partial charge in [0.15, 0.2) is 9.84 Å². The highest BCUT2D eigenvalue weighted by Gasteiger charge is 2.51. The molecule has 4 aliphatic rings. The van der Waals surface area contributed by atoms with Crippen molar-refractivity contribution in [2.75, 3.05) is 26.3 Å². The van der Waals surface area contributed by atoms with Gasteiger partial charge >= 0.3 is 0 Å². The van der Waals surface area contributed by atoms with Crippen molar-refractivity contribution in [1.82, 2.24) is 24.8 Å². The number of carbonyl (C=O) groups excluding carboxylic acids is 5. The van der Waals surface area contributed by atoms with Crippen molar-refractivity contribution < 1.29 is 42.2 Å². The Labute approximate surface area is 314 Å². The maximum absolute atomic E-state index is 14.9. The van der Waals surface area contributed by atoms with Crippen molar-refractivity contribution in [2.24, 2.45) is 16.6 Å². The minimum atomic E-state index is -3.48. The van der Waals surface area contributed by atoms with Crippen LogP contribution < -0.4 is 5.73 Å². The Morgan fingerprint density at radius 3 is 2.35 bits per heavy atom. The highest BCUT2D eigenvalue weighted by Crippen LogP contribution is 2.36. The number of nitrogens with two attached hydrogens (primary N) is 1. The summed E-state index contributed by atoms with van der Waals surface area (Å²) in [4.78, 5) is 75.9. The van der Waals surface area contributed by atoms with Gasteiger partial charge in [-0.3, -0.25) is 24.0 Å². The summed E-state index contributed by atoms with van der Waals surface area (Å²) in [6.07, 6.45) is 7.42. The van der Waals surface area contributed by atoms with Gasteiger partial charge in [0.2, 0.25) is 11.7 Å². The van der Waals surface area contributed by atoms with Crippen molar-refractivity contribution in [3.8, 4) is 0 Å². The SMILES string of the molecule is CC(C)(O)c1cnnn1[C@H]1C[C@@H](C(=O)N2CCOCCC2(C)C(=O)C(N)=O)N(C(=O)C(CC2CCCCC2)=NC(=O)c2ccc(S(=O)(=O)C3CC3)cc2)C1. The molecular weight excluding hydrogens is 719 g/mol. The molecule has 1 unspecified atom stereocenters. The topological polar surface area (TPSA) is 225 Å². The third-order valence-electron chi connectivity index (χ3n) is 11.2. The molecule has 0 radical (unpaired) electrons. The Hall–Kier alpha value is -4.35. The van der Waals surface area contributed by atoms with Crippen LogP contribution in [-0.4, -0.2) is 117 Å². The lowest BCUT2D eigenvalue weighted by molar-refractivity contribution is -0.153. The number of hydrogen-bond donors (Lipinski definition) is 2. The number of benzene rings is 1. The molecule has 0 spiro atoms. The standard InChI is InChI=1S/C37H49N7O9S/c1-36(2,50)30-21-39-41-44(30)25-20-29(35(49)43-16-18-53-17-15-37(43,3)31(45)32(38)46)42(22-25)34(48)28(19-23-7-5-4-6-8-23)40-33(47)24-9-11-26(12-10-24)54(51,52)27-13-14-27/h9-12,21,23,25,27,29,50H,4-8,13-20,22H2,1-3H3,(H2,38,46)/t25-,29-,37?/m0/s1. The van der Waals surface area contributed by atoms with Crippen LogP contribution in [0.3, 0.4) is 0 Å². The zero-order chi connectivity index (χ0) is 39.0. The van der Waals surface area contributed by atoms with Gasteiger partial charge in [0.05, 0.1) is 34.7 Å². The first-order valence-electron chi connectivity index (χ1n) is 18.7.